The number of hydrogen-bond acceptors (Lipinski definition) is 3. The Morgan fingerprint density at radius 3 is 2.40 bits per heavy atom. The summed E-state index contributed by atoms with van der Waals surface area (Å²) >= 11 is 0. The molecule has 0 bridgehead atoms. The number of rotatable bonds is 4. The van der Waals surface area contributed by atoms with Crippen LogP contribution in [0, 0.1) is 0 Å². The second-order valence-corrected chi connectivity index (χ2v) is 2.73. The van der Waals surface area contributed by atoms with E-state index in [-0.39, 0.29) is 12.2 Å². The first-order chi connectivity index (χ1) is 7.13. The normalized spacial score (nSPS) is 10.1. The van der Waals surface area contributed by atoms with E-state index in [0.29, 0.717) is 5.75 Å². The maximum atomic E-state index is 12.2. The lowest BCUT2D eigenvalue weighted by molar-refractivity contribution is -0.142. The van der Waals surface area contributed by atoms with Crippen LogP contribution in [-0.2, 0) is 9.53 Å². The first-order valence-corrected chi connectivity index (χ1v) is 4.21. The maximum Gasteiger partial charge on any atom is 0.343 e. The van der Waals surface area contributed by atoms with Gasteiger partial charge < -0.3 is 9.47 Å². The molecule has 0 saturated heterocycles. The van der Waals surface area contributed by atoms with Gasteiger partial charge in [0.25, 0.3) is 6.43 Å². The van der Waals surface area contributed by atoms with E-state index < -0.39 is 12.4 Å². The second kappa shape index (κ2) is 5.29. The Morgan fingerprint density at radius 1 is 1.33 bits per heavy atom. The number of carbonyl (C=O) groups excluding carboxylic acids is 1. The van der Waals surface area contributed by atoms with Crippen LogP contribution in [0.1, 0.15) is 12.0 Å². The minimum atomic E-state index is -2.50. The number of methoxy groups -OCH3 is 1. The highest BCUT2D eigenvalue weighted by Crippen LogP contribution is 2.21. The second-order valence-electron chi connectivity index (χ2n) is 2.73. The van der Waals surface area contributed by atoms with Crippen LogP contribution in [0.4, 0.5) is 8.78 Å². The van der Waals surface area contributed by atoms with Gasteiger partial charge in [-0.05, 0) is 24.3 Å². The topological polar surface area (TPSA) is 35.5 Å². The fourth-order valence-corrected chi connectivity index (χ4v) is 0.911. The monoisotopic (exact) mass is 216 g/mol. The number of esters is 1. The van der Waals surface area contributed by atoms with Gasteiger partial charge in [-0.3, -0.25) is 0 Å². The molecule has 1 rings (SSSR count). The summed E-state index contributed by atoms with van der Waals surface area (Å²) < 4.78 is 33.6. The minimum Gasteiger partial charge on any atom is -0.482 e. The minimum absolute atomic E-state index is 0.0829. The van der Waals surface area contributed by atoms with Crippen molar-refractivity contribution >= 4 is 5.97 Å². The lowest BCUT2D eigenvalue weighted by atomic mass is 10.2. The molecular weight excluding hydrogens is 206 g/mol. The third-order valence-corrected chi connectivity index (χ3v) is 1.72. The molecule has 1 aromatic rings. The number of alkyl halides is 2. The highest BCUT2D eigenvalue weighted by Gasteiger charge is 2.06. The molecule has 0 N–H and O–H groups in total. The fraction of sp³-hybridized carbons (Fsp3) is 0.300. The molecule has 0 aliphatic heterocycles. The van der Waals surface area contributed by atoms with E-state index in [2.05, 4.69) is 4.74 Å². The third-order valence-electron chi connectivity index (χ3n) is 1.72. The molecule has 0 atom stereocenters. The SMILES string of the molecule is COC(=O)COc1ccc(C(F)F)cc1. The summed E-state index contributed by atoms with van der Waals surface area (Å²) in [6.45, 7) is -0.232. The van der Waals surface area contributed by atoms with Crippen molar-refractivity contribution in [3.8, 4) is 5.75 Å². The van der Waals surface area contributed by atoms with Crippen LogP contribution < -0.4 is 4.74 Å². The predicted octanol–water partition coefficient (Wildman–Crippen LogP) is 2.18. The molecule has 0 fully saturated rings. The van der Waals surface area contributed by atoms with Gasteiger partial charge in [0.15, 0.2) is 6.61 Å². The summed E-state index contributed by atoms with van der Waals surface area (Å²) in [5.41, 5.74) is -0.0829. The van der Waals surface area contributed by atoms with Crippen LogP contribution in [0.3, 0.4) is 0 Å². The number of hydrogen-bond donors (Lipinski definition) is 0. The van der Waals surface area contributed by atoms with Crippen LogP contribution in [0.25, 0.3) is 0 Å². The van der Waals surface area contributed by atoms with Gasteiger partial charge in [-0.25, -0.2) is 13.6 Å². The molecule has 82 valence electrons. The highest BCUT2D eigenvalue weighted by atomic mass is 19.3. The molecule has 0 unspecified atom stereocenters. The average molecular weight is 216 g/mol. The molecule has 5 heteroatoms. The summed E-state index contributed by atoms with van der Waals surface area (Å²) in [5, 5.41) is 0. The van der Waals surface area contributed by atoms with Gasteiger partial charge in [-0.2, -0.15) is 0 Å². The van der Waals surface area contributed by atoms with Crippen LogP contribution in [-0.4, -0.2) is 19.7 Å². The lowest BCUT2D eigenvalue weighted by Crippen LogP contribution is -2.12. The molecule has 1 aromatic carbocycles. The molecule has 0 aliphatic carbocycles. The highest BCUT2D eigenvalue weighted by molar-refractivity contribution is 5.70. The molecule has 0 heterocycles. The van der Waals surface area contributed by atoms with Gasteiger partial charge in [0.1, 0.15) is 5.75 Å². The Morgan fingerprint density at radius 2 is 1.93 bits per heavy atom. The number of carbonyl (C=O) groups is 1. The quantitative estimate of drug-likeness (QED) is 0.723. The zero-order chi connectivity index (χ0) is 11.3. The predicted molar refractivity (Wildman–Crippen MR) is 48.9 cm³/mol. The molecular formula is C10H10F2O3. The third kappa shape index (κ3) is 3.53. The van der Waals surface area contributed by atoms with Crippen molar-refractivity contribution in [3.05, 3.63) is 29.8 Å². The number of halogens is 2. The molecule has 3 nitrogen and oxygen atoms in total. The lowest BCUT2D eigenvalue weighted by Gasteiger charge is -2.05. The Kier molecular flexibility index (Phi) is 4.03. The molecule has 0 amide bonds. The van der Waals surface area contributed by atoms with Crippen LogP contribution in [0.15, 0.2) is 24.3 Å². The van der Waals surface area contributed by atoms with Crippen LogP contribution >= 0.6 is 0 Å². The standard InChI is InChI=1S/C10H10F2O3/c1-14-9(13)6-15-8-4-2-7(3-5-8)10(11)12/h2-5,10H,6H2,1H3. The van der Waals surface area contributed by atoms with E-state index in [1.54, 1.807) is 0 Å². The Bertz CT molecular complexity index is 322. The first kappa shape index (κ1) is 11.4. The van der Waals surface area contributed by atoms with Gasteiger partial charge >= 0.3 is 5.97 Å². The molecule has 0 aliphatic rings. The van der Waals surface area contributed by atoms with Crippen molar-refractivity contribution in [2.75, 3.05) is 13.7 Å². The van der Waals surface area contributed by atoms with Crippen molar-refractivity contribution in [3.63, 3.8) is 0 Å². The van der Waals surface area contributed by atoms with E-state index >= 15 is 0 Å². The summed E-state index contributed by atoms with van der Waals surface area (Å²) in [6, 6.07) is 5.25. The average Bonchev–Trinajstić information content (AvgIpc) is 2.26. The zero-order valence-electron chi connectivity index (χ0n) is 8.07. The molecule has 0 aromatic heterocycles. The van der Waals surface area contributed by atoms with Gasteiger partial charge in [0.05, 0.1) is 7.11 Å². The summed E-state index contributed by atoms with van der Waals surface area (Å²) in [5.74, 6) is -0.169. The Labute approximate surface area is 85.6 Å². The number of benzene rings is 1. The van der Waals surface area contributed by atoms with Gasteiger partial charge in [-0.1, -0.05) is 0 Å². The molecule has 0 spiro atoms. The smallest absolute Gasteiger partial charge is 0.343 e. The molecule has 0 radical (unpaired) electrons. The Balaban J connectivity index is 2.53. The van der Waals surface area contributed by atoms with Crippen molar-refractivity contribution in [2.24, 2.45) is 0 Å². The summed E-state index contributed by atoms with van der Waals surface area (Å²) in [6.07, 6.45) is -2.50. The first-order valence-electron chi connectivity index (χ1n) is 4.21. The van der Waals surface area contributed by atoms with E-state index in [4.69, 9.17) is 4.74 Å². The molecule has 15 heavy (non-hydrogen) atoms. The summed E-state index contributed by atoms with van der Waals surface area (Å²) in [4.78, 5) is 10.7. The van der Waals surface area contributed by atoms with Crippen LogP contribution in [0.5, 0.6) is 5.75 Å². The fourth-order valence-electron chi connectivity index (χ4n) is 0.911. The van der Waals surface area contributed by atoms with Crippen LogP contribution in [0.2, 0.25) is 0 Å². The van der Waals surface area contributed by atoms with Crippen molar-refractivity contribution in [1.29, 1.82) is 0 Å². The van der Waals surface area contributed by atoms with E-state index in [0.717, 1.165) is 0 Å². The largest absolute Gasteiger partial charge is 0.482 e. The van der Waals surface area contributed by atoms with Crippen molar-refractivity contribution in [1.82, 2.24) is 0 Å². The Hall–Kier alpha value is -1.65. The zero-order valence-corrected chi connectivity index (χ0v) is 8.07. The van der Waals surface area contributed by atoms with Crippen molar-refractivity contribution < 1.29 is 23.0 Å². The summed E-state index contributed by atoms with van der Waals surface area (Å²) in [7, 11) is 1.24. The van der Waals surface area contributed by atoms with Crippen molar-refractivity contribution in [2.45, 2.75) is 6.43 Å². The van der Waals surface area contributed by atoms with Gasteiger partial charge in [-0.15, -0.1) is 0 Å². The maximum absolute atomic E-state index is 12.2. The van der Waals surface area contributed by atoms with Gasteiger partial charge in [0.2, 0.25) is 0 Å². The molecule has 0 saturated carbocycles. The van der Waals surface area contributed by atoms with E-state index in [1.165, 1.54) is 31.4 Å². The van der Waals surface area contributed by atoms with E-state index in [9.17, 15) is 13.6 Å². The number of ether oxygens (including phenoxy) is 2. The van der Waals surface area contributed by atoms with Gasteiger partial charge in [0, 0.05) is 5.56 Å². The van der Waals surface area contributed by atoms with E-state index in [1.807, 2.05) is 0 Å².